The zero-order valence-electron chi connectivity index (χ0n) is 12.1. The Kier molecular flexibility index (Phi) is 4.59. The average Bonchev–Trinajstić information content (AvgIpc) is 2.40. The van der Waals surface area contributed by atoms with Gasteiger partial charge in [0.2, 0.25) is 0 Å². The van der Waals surface area contributed by atoms with E-state index in [-0.39, 0.29) is 17.5 Å². The quantitative estimate of drug-likeness (QED) is 0.747. The number of hydrogen-bond donors (Lipinski definition) is 0. The molecule has 1 aromatic rings. The average molecular weight is 300 g/mol. The van der Waals surface area contributed by atoms with Crippen molar-refractivity contribution < 1.29 is 22.7 Å². The van der Waals surface area contributed by atoms with Crippen LogP contribution in [-0.4, -0.2) is 12.1 Å². The minimum atomic E-state index is -4.71. The summed E-state index contributed by atoms with van der Waals surface area (Å²) >= 11 is 0. The molecule has 2 rings (SSSR count). The van der Waals surface area contributed by atoms with Crippen LogP contribution in [-0.2, 0) is 0 Å². The number of rotatable bonds is 3. The number of Topliss-reactive ketones (excluding diaryl/α,β-unsaturated/α-hetero) is 1. The van der Waals surface area contributed by atoms with Crippen molar-refractivity contribution in [3.63, 3.8) is 0 Å². The van der Waals surface area contributed by atoms with E-state index in [9.17, 15) is 18.0 Å². The molecule has 0 heterocycles. The molecule has 1 aromatic carbocycles. The van der Waals surface area contributed by atoms with E-state index in [0.29, 0.717) is 17.4 Å². The van der Waals surface area contributed by atoms with Crippen LogP contribution in [0.1, 0.15) is 43.5 Å². The molecule has 1 fully saturated rings. The van der Waals surface area contributed by atoms with Gasteiger partial charge in [0.1, 0.15) is 5.75 Å². The highest BCUT2D eigenvalue weighted by atomic mass is 19.4. The maximum Gasteiger partial charge on any atom is 0.573 e. The molecule has 21 heavy (non-hydrogen) atoms. The van der Waals surface area contributed by atoms with E-state index < -0.39 is 6.36 Å². The summed E-state index contributed by atoms with van der Waals surface area (Å²) in [5.74, 6) is 0.819. The van der Waals surface area contributed by atoms with Crippen molar-refractivity contribution >= 4 is 5.78 Å². The van der Waals surface area contributed by atoms with Crippen molar-refractivity contribution in [2.45, 2.75) is 39.5 Å². The molecule has 0 saturated heterocycles. The molecule has 0 N–H and O–H groups in total. The number of ketones is 1. The molecule has 0 bridgehead atoms. The first-order valence-electron chi connectivity index (χ1n) is 7.16. The van der Waals surface area contributed by atoms with Gasteiger partial charge in [-0.25, -0.2) is 0 Å². The molecule has 0 aliphatic heterocycles. The molecule has 1 aliphatic rings. The Morgan fingerprint density at radius 2 is 1.71 bits per heavy atom. The SMILES string of the molecule is CC1CCC(C(=O)c2ccc(OC(F)(F)F)cc2)CC1C. The van der Waals surface area contributed by atoms with Crippen LogP contribution in [0, 0.1) is 17.8 Å². The van der Waals surface area contributed by atoms with Gasteiger partial charge < -0.3 is 4.74 Å². The summed E-state index contributed by atoms with van der Waals surface area (Å²) in [6.45, 7) is 4.33. The molecular formula is C16H19F3O2. The van der Waals surface area contributed by atoms with Crippen LogP contribution in [0.15, 0.2) is 24.3 Å². The topological polar surface area (TPSA) is 26.3 Å². The number of carbonyl (C=O) groups excluding carboxylic acids is 1. The lowest BCUT2D eigenvalue weighted by Crippen LogP contribution is -2.26. The molecule has 0 radical (unpaired) electrons. The second kappa shape index (κ2) is 6.08. The van der Waals surface area contributed by atoms with Gasteiger partial charge in [0.15, 0.2) is 5.78 Å². The second-order valence-electron chi connectivity index (χ2n) is 5.90. The van der Waals surface area contributed by atoms with E-state index in [4.69, 9.17) is 0 Å². The standard InChI is InChI=1S/C16H19F3O2/c1-10-3-4-13(9-11(10)2)15(20)12-5-7-14(8-6-12)21-16(17,18)19/h5-8,10-11,13H,3-4,9H2,1-2H3. The van der Waals surface area contributed by atoms with Crippen molar-refractivity contribution in [2.24, 2.45) is 17.8 Å². The number of halogens is 3. The number of ether oxygens (including phenoxy) is 1. The predicted molar refractivity (Wildman–Crippen MR) is 73.1 cm³/mol. The summed E-state index contributed by atoms with van der Waals surface area (Å²) in [5, 5.41) is 0. The van der Waals surface area contributed by atoms with Gasteiger partial charge in [-0.2, -0.15) is 0 Å². The lowest BCUT2D eigenvalue weighted by atomic mass is 9.73. The monoisotopic (exact) mass is 300 g/mol. The first-order valence-corrected chi connectivity index (χ1v) is 7.16. The minimum Gasteiger partial charge on any atom is -0.406 e. The van der Waals surface area contributed by atoms with Crippen molar-refractivity contribution in [3.8, 4) is 5.75 Å². The Labute approximate surface area is 122 Å². The van der Waals surface area contributed by atoms with E-state index in [2.05, 4.69) is 18.6 Å². The van der Waals surface area contributed by atoms with E-state index in [0.717, 1.165) is 19.3 Å². The molecule has 0 amide bonds. The maximum atomic E-state index is 12.4. The predicted octanol–water partition coefficient (Wildman–Crippen LogP) is 4.84. The molecular weight excluding hydrogens is 281 g/mol. The van der Waals surface area contributed by atoms with E-state index in [1.54, 1.807) is 0 Å². The molecule has 0 aromatic heterocycles. The summed E-state index contributed by atoms with van der Waals surface area (Å²) in [5.41, 5.74) is 0.455. The van der Waals surface area contributed by atoms with Gasteiger partial charge in [-0.05, 0) is 55.4 Å². The second-order valence-corrected chi connectivity index (χ2v) is 5.90. The molecule has 2 nitrogen and oxygen atoms in total. The first kappa shape index (κ1) is 15.9. The summed E-state index contributed by atoms with van der Waals surface area (Å²) in [6, 6.07) is 5.20. The van der Waals surface area contributed by atoms with Gasteiger partial charge in [0.25, 0.3) is 0 Å². The van der Waals surface area contributed by atoms with Crippen molar-refractivity contribution in [1.82, 2.24) is 0 Å². The Hall–Kier alpha value is -1.52. The highest BCUT2D eigenvalue weighted by Crippen LogP contribution is 2.35. The van der Waals surface area contributed by atoms with Gasteiger partial charge >= 0.3 is 6.36 Å². The van der Waals surface area contributed by atoms with Crippen molar-refractivity contribution in [3.05, 3.63) is 29.8 Å². The van der Waals surface area contributed by atoms with E-state index in [1.807, 2.05) is 0 Å². The van der Waals surface area contributed by atoms with Crippen LogP contribution in [0.3, 0.4) is 0 Å². The molecule has 1 aliphatic carbocycles. The molecule has 1 saturated carbocycles. The van der Waals surface area contributed by atoms with Crippen LogP contribution in [0.25, 0.3) is 0 Å². The van der Waals surface area contributed by atoms with Crippen LogP contribution in [0.2, 0.25) is 0 Å². The van der Waals surface area contributed by atoms with Crippen molar-refractivity contribution in [2.75, 3.05) is 0 Å². The van der Waals surface area contributed by atoms with Gasteiger partial charge in [0, 0.05) is 11.5 Å². The highest BCUT2D eigenvalue weighted by molar-refractivity contribution is 5.98. The third-order valence-electron chi connectivity index (χ3n) is 4.34. The van der Waals surface area contributed by atoms with E-state index >= 15 is 0 Å². The number of alkyl halides is 3. The Morgan fingerprint density at radius 1 is 1.10 bits per heavy atom. The van der Waals surface area contributed by atoms with Crippen LogP contribution >= 0.6 is 0 Å². The fourth-order valence-corrected chi connectivity index (χ4v) is 2.84. The van der Waals surface area contributed by atoms with Gasteiger partial charge in [-0.1, -0.05) is 13.8 Å². The summed E-state index contributed by atoms with van der Waals surface area (Å²) in [7, 11) is 0. The van der Waals surface area contributed by atoms with Crippen molar-refractivity contribution in [1.29, 1.82) is 0 Å². The Morgan fingerprint density at radius 3 is 2.24 bits per heavy atom. The molecule has 3 unspecified atom stereocenters. The van der Waals surface area contributed by atoms with Gasteiger partial charge in [-0.3, -0.25) is 4.79 Å². The highest BCUT2D eigenvalue weighted by Gasteiger charge is 2.32. The minimum absolute atomic E-state index is 0.0207. The fraction of sp³-hybridized carbons (Fsp3) is 0.562. The third kappa shape index (κ3) is 4.22. The largest absolute Gasteiger partial charge is 0.573 e. The Balaban J connectivity index is 2.03. The smallest absolute Gasteiger partial charge is 0.406 e. The molecule has 116 valence electrons. The first-order chi connectivity index (χ1) is 9.76. The normalized spacial score (nSPS) is 26.4. The lowest BCUT2D eigenvalue weighted by Gasteiger charge is -2.31. The van der Waals surface area contributed by atoms with Crippen LogP contribution in [0.5, 0.6) is 5.75 Å². The van der Waals surface area contributed by atoms with Gasteiger partial charge in [0.05, 0.1) is 0 Å². The molecule has 5 heteroatoms. The van der Waals surface area contributed by atoms with Gasteiger partial charge in [-0.15, -0.1) is 13.2 Å². The van der Waals surface area contributed by atoms with Crippen LogP contribution < -0.4 is 4.74 Å². The third-order valence-corrected chi connectivity index (χ3v) is 4.34. The number of hydrogen-bond acceptors (Lipinski definition) is 2. The number of carbonyl (C=O) groups is 1. The number of benzene rings is 1. The van der Waals surface area contributed by atoms with Crippen LogP contribution in [0.4, 0.5) is 13.2 Å². The summed E-state index contributed by atoms with van der Waals surface area (Å²) in [4.78, 5) is 12.4. The summed E-state index contributed by atoms with van der Waals surface area (Å²) in [6.07, 6.45) is -1.99. The Bertz CT molecular complexity index is 493. The fourth-order valence-electron chi connectivity index (χ4n) is 2.84. The zero-order valence-corrected chi connectivity index (χ0v) is 12.1. The molecule has 3 atom stereocenters. The summed E-state index contributed by atoms with van der Waals surface area (Å²) < 4.78 is 40.0. The maximum absolute atomic E-state index is 12.4. The van der Waals surface area contributed by atoms with E-state index in [1.165, 1.54) is 24.3 Å². The molecule has 0 spiro atoms. The lowest BCUT2D eigenvalue weighted by molar-refractivity contribution is -0.274. The zero-order chi connectivity index (χ0) is 15.6.